The van der Waals surface area contributed by atoms with Gasteiger partial charge in [-0.1, -0.05) is 5.16 Å². The molecule has 3 heterocycles. The number of amides is 1. The lowest BCUT2D eigenvalue weighted by molar-refractivity contribution is -0.145. The summed E-state index contributed by atoms with van der Waals surface area (Å²) < 4.78 is 10.5. The lowest BCUT2D eigenvalue weighted by atomic mass is 9.93. The SMILES string of the molecule is C[C@H]1OCCC[C@H]1C(=O)N1CCN(Cc2ccon2)CC1. The van der Waals surface area contributed by atoms with Crippen molar-refractivity contribution in [2.45, 2.75) is 32.4 Å². The lowest BCUT2D eigenvalue weighted by Gasteiger charge is -2.38. The van der Waals surface area contributed by atoms with E-state index in [9.17, 15) is 4.79 Å². The number of carbonyl (C=O) groups excluding carboxylic acids is 1. The summed E-state index contributed by atoms with van der Waals surface area (Å²) >= 11 is 0. The Labute approximate surface area is 125 Å². The molecule has 0 spiro atoms. The summed E-state index contributed by atoms with van der Waals surface area (Å²) in [4.78, 5) is 16.9. The number of aromatic nitrogens is 1. The zero-order valence-corrected chi connectivity index (χ0v) is 12.5. The van der Waals surface area contributed by atoms with Crippen LogP contribution in [0.2, 0.25) is 0 Å². The maximum Gasteiger partial charge on any atom is 0.228 e. The van der Waals surface area contributed by atoms with Gasteiger partial charge in [-0.15, -0.1) is 0 Å². The molecule has 0 saturated carbocycles. The van der Waals surface area contributed by atoms with E-state index in [0.29, 0.717) is 0 Å². The monoisotopic (exact) mass is 293 g/mol. The molecule has 116 valence electrons. The molecule has 1 aromatic rings. The highest BCUT2D eigenvalue weighted by atomic mass is 16.5. The minimum Gasteiger partial charge on any atom is -0.378 e. The number of rotatable bonds is 3. The molecule has 3 rings (SSSR count). The van der Waals surface area contributed by atoms with Crippen LogP contribution in [0, 0.1) is 5.92 Å². The largest absolute Gasteiger partial charge is 0.378 e. The van der Waals surface area contributed by atoms with Crippen LogP contribution in [0.1, 0.15) is 25.5 Å². The summed E-state index contributed by atoms with van der Waals surface area (Å²) in [7, 11) is 0. The minimum atomic E-state index is 0.0424. The number of hydrogen-bond acceptors (Lipinski definition) is 5. The van der Waals surface area contributed by atoms with E-state index < -0.39 is 0 Å². The van der Waals surface area contributed by atoms with E-state index in [-0.39, 0.29) is 17.9 Å². The van der Waals surface area contributed by atoms with Crippen molar-refractivity contribution in [1.82, 2.24) is 15.0 Å². The van der Waals surface area contributed by atoms with Crippen molar-refractivity contribution in [3.05, 3.63) is 18.0 Å². The van der Waals surface area contributed by atoms with Crippen LogP contribution in [-0.4, -0.2) is 59.8 Å². The highest BCUT2D eigenvalue weighted by Crippen LogP contribution is 2.23. The Hall–Kier alpha value is -1.40. The van der Waals surface area contributed by atoms with Crippen LogP contribution < -0.4 is 0 Å². The third-order valence-corrected chi connectivity index (χ3v) is 4.48. The topological polar surface area (TPSA) is 58.8 Å². The van der Waals surface area contributed by atoms with Gasteiger partial charge in [0.25, 0.3) is 0 Å². The van der Waals surface area contributed by atoms with E-state index in [4.69, 9.17) is 9.26 Å². The Morgan fingerprint density at radius 3 is 2.86 bits per heavy atom. The third kappa shape index (κ3) is 3.44. The van der Waals surface area contributed by atoms with Gasteiger partial charge >= 0.3 is 0 Å². The number of ether oxygens (including phenoxy) is 1. The van der Waals surface area contributed by atoms with E-state index in [0.717, 1.165) is 57.9 Å². The molecule has 2 aliphatic rings. The molecular formula is C15H23N3O3. The summed E-state index contributed by atoms with van der Waals surface area (Å²) in [6, 6.07) is 1.89. The molecule has 21 heavy (non-hydrogen) atoms. The highest BCUT2D eigenvalue weighted by molar-refractivity contribution is 5.79. The van der Waals surface area contributed by atoms with E-state index in [1.54, 1.807) is 6.26 Å². The first-order valence-corrected chi connectivity index (χ1v) is 7.76. The van der Waals surface area contributed by atoms with Gasteiger partial charge in [0.1, 0.15) is 6.26 Å². The molecule has 2 aliphatic heterocycles. The number of piperazine rings is 1. The van der Waals surface area contributed by atoms with E-state index in [2.05, 4.69) is 10.1 Å². The third-order valence-electron chi connectivity index (χ3n) is 4.48. The summed E-state index contributed by atoms with van der Waals surface area (Å²) in [6.07, 6.45) is 3.60. The van der Waals surface area contributed by atoms with Gasteiger partial charge in [-0.3, -0.25) is 9.69 Å². The van der Waals surface area contributed by atoms with Crippen LogP contribution in [0.25, 0.3) is 0 Å². The molecule has 2 atom stereocenters. The first-order valence-electron chi connectivity index (χ1n) is 7.76. The van der Waals surface area contributed by atoms with E-state index in [1.807, 2.05) is 17.9 Å². The first-order chi connectivity index (χ1) is 10.2. The first kappa shape index (κ1) is 14.5. The van der Waals surface area contributed by atoms with Gasteiger partial charge < -0.3 is 14.2 Å². The van der Waals surface area contributed by atoms with Crippen molar-refractivity contribution in [3.63, 3.8) is 0 Å². The Kier molecular flexibility index (Phi) is 4.55. The van der Waals surface area contributed by atoms with Gasteiger partial charge in [-0.2, -0.15) is 0 Å². The Balaban J connectivity index is 1.49. The van der Waals surface area contributed by atoms with Crippen molar-refractivity contribution in [2.24, 2.45) is 5.92 Å². The zero-order valence-electron chi connectivity index (χ0n) is 12.5. The van der Waals surface area contributed by atoms with Gasteiger partial charge in [0.15, 0.2) is 0 Å². The number of hydrogen-bond donors (Lipinski definition) is 0. The Morgan fingerprint density at radius 2 is 2.19 bits per heavy atom. The number of carbonyl (C=O) groups is 1. The van der Waals surface area contributed by atoms with Gasteiger partial charge in [-0.25, -0.2) is 0 Å². The fourth-order valence-corrected chi connectivity index (χ4v) is 3.16. The van der Waals surface area contributed by atoms with Crippen LogP contribution in [0.15, 0.2) is 16.9 Å². The fraction of sp³-hybridized carbons (Fsp3) is 0.733. The molecule has 1 amide bonds. The van der Waals surface area contributed by atoms with Crippen LogP contribution in [0.4, 0.5) is 0 Å². The Bertz CT molecular complexity index is 455. The van der Waals surface area contributed by atoms with Crippen LogP contribution in [0.5, 0.6) is 0 Å². The molecular weight excluding hydrogens is 270 g/mol. The summed E-state index contributed by atoms with van der Waals surface area (Å²) in [5, 5.41) is 3.93. The van der Waals surface area contributed by atoms with Crippen molar-refractivity contribution in [1.29, 1.82) is 0 Å². The predicted octanol–water partition coefficient (Wildman–Crippen LogP) is 1.13. The normalized spacial score (nSPS) is 27.8. The zero-order chi connectivity index (χ0) is 14.7. The van der Waals surface area contributed by atoms with Crippen LogP contribution in [-0.2, 0) is 16.1 Å². The maximum absolute atomic E-state index is 12.6. The molecule has 0 aliphatic carbocycles. The van der Waals surface area contributed by atoms with Crippen LogP contribution in [0.3, 0.4) is 0 Å². The van der Waals surface area contributed by atoms with Crippen molar-refractivity contribution < 1.29 is 14.1 Å². The van der Waals surface area contributed by atoms with E-state index >= 15 is 0 Å². The van der Waals surface area contributed by atoms with Crippen molar-refractivity contribution >= 4 is 5.91 Å². The van der Waals surface area contributed by atoms with Gasteiger partial charge in [0, 0.05) is 45.4 Å². The smallest absolute Gasteiger partial charge is 0.228 e. The molecule has 0 unspecified atom stereocenters. The molecule has 2 fully saturated rings. The summed E-state index contributed by atoms with van der Waals surface area (Å²) in [5.41, 5.74) is 0.948. The molecule has 0 bridgehead atoms. The summed E-state index contributed by atoms with van der Waals surface area (Å²) in [5.74, 6) is 0.309. The standard InChI is InChI=1S/C15H23N3O3/c1-12-14(3-2-9-20-12)15(19)18-7-5-17(6-8-18)11-13-4-10-21-16-13/h4,10,12,14H,2-3,5-9,11H2,1H3/t12-,14-/m1/s1. The second-order valence-corrected chi connectivity index (χ2v) is 5.92. The van der Waals surface area contributed by atoms with Crippen LogP contribution >= 0.6 is 0 Å². The lowest BCUT2D eigenvalue weighted by Crippen LogP contribution is -2.52. The average molecular weight is 293 g/mol. The van der Waals surface area contributed by atoms with Gasteiger partial charge in [-0.05, 0) is 19.8 Å². The molecule has 6 nitrogen and oxygen atoms in total. The fourth-order valence-electron chi connectivity index (χ4n) is 3.16. The molecule has 6 heteroatoms. The molecule has 2 saturated heterocycles. The van der Waals surface area contributed by atoms with Crippen molar-refractivity contribution in [3.8, 4) is 0 Å². The van der Waals surface area contributed by atoms with Gasteiger partial charge in [0.05, 0.1) is 17.7 Å². The highest BCUT2D eigenvalue weighted by Gasteiger charge is 2.33. The predicted molar refractivity (Wildman–Crippen MR) is 76.5 cm³/mol. The Morgan fingerprint density at radius 1 is 1.38 bits per heavy atom. The maximum atomic E-state index is 12.6. The number of nitrogens with zero attached hydrogens (tertiary/aromatic N) is 3. The van der Waals surface area contributed by atoms with E-state index in [1.165, 1.54) is 0 Å². The molecule has 0 N–H and O–H groups in total. The van der Waals surface area contributed by atoms with Gasteiger partial charge in [0.2, 0.25) is 5.91 Å². The minimum absolute atomic E-state index is 0.0424. The summed E-state index contributed by atoms with van der Waals surface area (Å²) in [6.45, 7) is 6.96. The quantitative estimate of drug-likeness (QED) is 0.836. The average Bonchev–Trinajstić information content (AvgIpc) is 3.01. The second kappa shape index (κ2) is 6.58. The second-order valence-electron chi connectivity index (χ2n) is 5.92. The molecule has 0 aromatic carbocycles. The molecule has 0 radical (unpaired) electrons. The molecule has 1 aromatic heterocycles. The van der Waals surface area contributed by atoms with Crippen molar-refractivity contribution in [2.75, 3.05) is 32.8 Å².